The lowest BCUT2D eigenvalue weighted by molar-refractivity contribution is -0.385. The fourth-order valence-corrected chi connectivity index (χ4v) is 2.32. The van der Waals surface area contributed by atoms with Crippen molar-refractivity contribution in [3.05, 3.63) is 75.3 Å². The van der Waals surface area contributed by atoms with Crippen LogP contribution in [0, 0.1) is 10.1 Å². The summed E-state index contributed by atoms with van der Waals surface area (Å²) in [6.45, 7) is 0. The van der Waals surface area contributed by atoms with E-state index >= 15 is 0 Å². The summed E-state index contributed by atoms with van der Waals surface area (Å²) in [7, 11) is 2.38. The fraction of sp³-hybridized carbons (Fsp3) is 0.105. The summed E-state index contributed by atoms with van der Waals surface area (Å²) in [4.78, 5) is 46.3. The molecule has 1 N–H and O–H groups in total. The van der Waals surface area contributed by atoms with Crippen LogP contribution in [0.25, 0.3) is 6.08 Å². The lowest BCUT2D eigenvalue weighted by Gasteiger charge is -2.10. The van der Waals surface area contributed by atoms with Gasteiger partial charge in [-0.3, -0.25) is 14.9 Å². The van der Waals surface area contributed by atoms with Crippen molar-refractivity contribution in [3.63, 3.8) is 0 Å². The minimum atomic E-state index is -0.714. The second kappa shape index (κ2) is 9.08. The molecule has 0 spiro atoms. The number of hydrogen-bond acceptors (Lipinski definition) is 7. The zero-order valence-electron chi connectivity index (χ0n) is 15.0. The van der Waals surface area contributed by atoms with E-state index < -0.39 is 22.8 Å². The average Bonchev–Trinajstić information content (AvgIpc) is 2.71. The highest BCUT2D eigenvalue weighted by Crippen LogP contribution is 2.21. The number of para-hydroxylation sites is 1. The molecule has 0 aromatic heterocycles. The minimum Gasteiger partial charge on any atom is -0.465 e. The predicted molar refractivity (Wildman–Crippen MR) is 99.9 cm³/mol. The van der Waals surface area contributed by atoms with Crippen LogP contribution in [0.4, 0.5) is 11.4 Å². The quantitative estimate of drug-likeness (QED) is 0.351. The van der Waals surface area contributed by atoms with Crippen molar-refractivity contribution >= 4 is 35.3 Å². The van der Waals surface area contributed by atoms with E-state index in [0.29, 0.717) is 0 Å². The smallest absolute Gasteiger partial charge is 0.339 e. The van der Waals surface area contributed by atoms with Crippen molar-refractivity contribution in [2.45, 2.75) is 0 Å². The first-order chi connectivity index (χ1) is 13.4. The highest BCUT2D eigenvalue weighted by Gasteiger charge is 2.17. The molecule has 9 nitrogen and oxygen atoms in total. The molecule has 0 saturated heterocycles. The standard InChI is InChI=1S/C19H16N2O7/c1-27-18(23)13-7-9-14(19(24)28-2)15(11-13)20-17(22)10-8-12-5-3-4-6-16(12)21(25)26/h3-11H,1-2H3,(H,20,22). The van der Waals surface area contributed by atoms with Gasteiger partial charge in [0.05, 0.1) is 41.5 Å². The van der Waals surface area contributed by atoms with Gasteiger partial charge in [-0.25, -0.2) is 9.59 Å². The molecule has 0 unspecified atom stereocenters. The van der Waals surface area contributed by atoms with E-state index in [1.54, 1.807) is 6.07 Å². The van der Waals surface area contributed by atoms with Gasteiger partial charge < -0.3 is 14.8 Å². The van der Waals surface area contributed by atoms with E-state index in [0.717, 1.165) is 6.08 Å². The Bertz CT molecular complexity index is 967. The summed E-state index contributed by atoms with van der Waals surface area (Å²) in [5, 5.41) is 13.5. The van der Waals surface area contributed by atoms with Crippen LogP contribution < -0.4 is 5.32 Å². The number of carbonyl (C=O) groups is 3. The maximum absolute atomic E-state index is 12.2. The number of hydrogen-bond donors (Lipinski definition) is 1. The number of amides is 1. The molecule has 1 amide bonds. The third kappa shape index (κ3) is 4.79. The van der Waals surface area contributed by atoms with Gasteiger partial charge in [-0.05, 0) is 30.3 Å². The second-order valence-electron chi connectivity index (χ2n) is 5.38. The monoisotopic (exact) mass is 384 g/mol. The third-order valence-electron chi connectivity index (χ3n) is 3.65. The van der Waals surface area contributed by atoms with Crippen LogP contribution in [0.15, 0.2) is 48.5 Å². The van der Waals surface area contributed by atoms with Crippen molar-refractivity contribution in [1.29, 1.82) is 0 Å². The number of nitro benzene ring substituents is 1. The third-order valence-corrected chi connectivity index (χ3v) is 3.65. The van der Waals surface area contributed by atoms with Gasteiger partial charge in [0.2, 0.25) is 5.91 Å². The van der Waals surface area contributed by atoms with Crippen molar-refractivity contribution in [2.75, 3.05) is 19.5 Å². The van der Waals surface area contributed by atoms with Crippen LogP contribution in [-0.4, -0.2) is 37.0 Å². The van der Waals surface area contributed by atoms with Gasteiger partial charge in [0.15, 0.2) is 0 Å². The van der Waals surface area contributed by atoms with Gasteiger partial charge in [-0.2, -0.15) is 0 Å². The van der Waals surface area contributed by atoms with Crippen molar-refractivity contribution < 1.29 is 28.8 Å². The molecule has 0 atom stereocenters. The average molecular weight is 384 g/mol. The number of nitro groups is 1. The van der Waals surface area contributed by atoms with Gasteiger partial charge in [-0.1, -0.05) is 12.1 Å². The van der Waals surface area contributed by atoms with Crippen LogP contribution in [0.3, 0.4) is 0 Å². The maximum atomic E-state index is 12.2. The van der Waals surface area contributed by atoms with Gasteiger partial charge >= 0.3 is 11.9 Å². The maximum Gasteiger partial charge on any atom is 0.339 e. The molecule has 2 aromatic rings. The molecule has 0 fully saturated rings. The number of nitrogens with zero attached hydrogens (tertiary/aromatic N) is 1. The zero-order chi connectivity index (χ0) is 20.7. The summed E-state index contributed by atoms with van der Waals surface area (Å²) >= 11 is 0. The Morgan fingerprint density at radius 3 is 2.36 bits per heavy atom. The zero-order valence-corrected chi connectivity index (χ0v) is 15.0. The van der Waals surface area contributed by atoms with Crippen LogP contribution in [0.2, 0.25) is 0 Å². The number of ether oxygens (including phenoxy) is 2. The Morgan fingerprint density at radius 1 is 1.04 bits per heavy atom. The van der Waals surface area contributed by atoms with Gasteiger partial charge in [0.25, 0.3) is 5.69 Å². The Hall–Kier alpha value is -4.01. The predicted octanol–water partition coefficient (Wildman–Crippen LogP) is 2.82. The first kappa shape index (κ1) is 20.3. The van der Waals surface area contributed by atoms with E-state index in [-0.39, 0.29) is 28.1 Å². The second-order valence-corrected chi connectivity index (χ2v) is 5.38. The topological polar surface area (TPSA) is 125 Å². The molecule has 0 heterocycles. The number of carbonyl (C=O) groups excluding carboxylic acids is 3. The molecule has 0 aliphatic carbocycles. The molecule has 9 heteroatoms. The number of anilines is 1. The normalized spacial score (nSPS) is 10.4. The Morgan fingerprint density at radius 2 is 1.71 bits per heavy atom. The van der Waals surface area contributed by atoms with Crippen LogP contribution in [-0.2, 0) is 14.3 Å². The van der Waals surface area contributed by atoms with Crippen molar-refractivity contribution in [1.82, 2.24) is 0 Å². The first-order valence-corrected chi connectivity index (χ1v) is 7.90. The lowest BCUT2D eigenvalue weighted by atomic mass is 10.1. The molecule has 0 saturated carbocycles. The summed E-state index contributed by atoms with van der Waals surface area (Å²) in [6, 6.07) is 9.86. The van der Waals surface area contributed by atoms with Gasteiger partial charge in [0, 0.05) is 12.1 Å². The number of rotatable bonds is 6. The van der Waals surface area contributed by atoms with Crippen molar-refractivity contribution in [3.8, 4) is 0 Å². The SMILES string of the molecule is COC(=O)c1ccc(C(=O)OC)c(NC(=O)C=Cc2ccccc2[N+](=O)[O-])c1. The summed E-state index contributed by atoms with van der Waals surface area (Å²) in [5.74, 6) is -2.03. The molecule has 0 radical (unpaired) electrons. The van der Waals surface area contributed by atoms with Gasteiger partial charge in [-0.15, -0.1) is 0 Å². The van der Waals surface area contributed by atoms with Gasteiger partial charge in [0.1, 0.15) is 0 Å². The fourth-order valence-electron chi connectivity index (χ4n) is 2.32. The number of methoxy groups -OCH3 is 2. The molecule has 144 valence electrons. The Labute approximate surface area is 159 Å². The van der Waals surface area contributed by atoms with E-state index in [9.17, 15) is 24.5 Å². The molecule has 2 rings (SSSR count). The molecule has 0 aliphatic rings. The van der Waals surface area contributed by atoms with E-state index in [4.69, 9.17) is 0 Å². The van der Waals surface area contributed by atoms with Crippen LogP contribution in [0.5, 0.6) is 0 Å². The highest BCUT2D eigenvalue weighted by atomic mass is 16.6. The van der Waals surface area contributed by atoms with Crippen molar-refractivity contribution in [2.24, 2.45) is 0 Å². The number of nitrogens with one attached hydrogen (secondary N) is 1. The first-order valence-electron chi connectivity index (χ1n) is 7.90. The van der Waals surface area contributed by atoms with E-state index in [1.165, 1.54) is 56.7 Å². The highest BCUT2D eigenvalue weighted by molar-refractivity contribution is 6.07. The number of benzene rings is 2. The molecular weight excluding hydrogens is 368 g/mol. The Kier molecular flexibility index (Phi) is 6.58. The summed E-state index contributed by atoms with van der Waals surface area (Å²) in [5.41, 5.74) is 0.260. The Balaban J connectivity index is 2.31. The van der Waals surface area contributed by atoms with Crippen LogP contribution in [0.1, 0.15) is 26.3 Å². The molecule has 2 aromatic carbocycles. The molecule has 28 heavy (non-hydrogen) atoms. The number of esters is 2. The summed E-state index contributed by atoms with van der Waals surface area (Å²) in [6.07, 6.45) is 2.35. The largest absolute Gasteiger partial charge is 0.465 e. The molecule has 0 bridgehead atoms. The summed E-state index contributed by atoms with van der Waals surface area (Å²) < 4.78 is 9.28. The van der Waals surface area contributed by atoms with E-state index in [2.05, 4.69) is 14.8 Å². The van der Waals surface area contributed by atoms with E-state index in [1.807, 2.05) is 0 Å². The minimum absolute atomic E-state index is 0.0302. The molecular formula is C19H16N2O7. The van der Waals surface area contributed by atoms with Crippen LogP contribution >= 0.6 is 0 Å². The molecule has 0 aliphatic heterocycles. The lowest BCUT2D eigenvalue weighted by Crippen LogP contribution is -2.14.